The lowest BCUT2D eigenvalue weighted by Gasteiger charge is -2.03. The average molecular weight is 217 g/mol. The van der Waals surface area contributed by atoms with E-state index in [4.69, 9.17) is 5.73 Å². The van der Waals surface area contributed by atoms with Gasteiger partial charge in [-0.3, -0.25) is 0 Å². The highest BCUT2D eigenvalue weighted by molar-refractivity contribution is 5.60. The minimum Gasteiger partial charge on any atom is -0.367 e. The van der Waals surface area contributed by atoms with Crippen LogP contribution in [0.2, 0.25) is 0 Å². The van der Waals surface area contributed by atoms with Crippen LogP contribution >= 0.6 is 0 Å². The number of anilines is 1. The first-order chi connectivity index (χ1) is 7.90. The molecule has 5 heteroatoms. The molecule has 2 aromatic heterocycles. The Hall–Kier alpha value is -1.88. The van der Waals surface area contributed by atoms with E-state index in [9.17, 15) is 0 Å². The number of hydrogen-bond donors (Lipinski definition) is 3. The van der Waals surface area contributed by atoms with E-state index in [1.807, 2.05) is 18.5 Å². The number of nitrogens with one attached hydrogen (secondary N) is 2. The Balaban J connectivity index is 2.00. The highest BCUT2D eigenvalue weighted by Gasteiger charge is 1.99. The van der Waals surface area contributed by atoms with Crippen LogP contribution in [0.15, 0.2) is 30.9 Å². The van der Waals surface area contributed by atoms with Gasteiger partial charge in [-0.2, -0.15) is 0 Å². The van der Waals surface area contributed by atoms with Gasteiger partial charge in [0, 0.05) is 42.5 Å². The number of H-pyrrole nitrogens is 1. The third-order valence-electron chi connectivity index (χ3n) is 2.25. The molecule has 0 radical (unpaired) electrons. The van der Waals surface area contributed by atoms with E-state index < -0.39 is 0 Å². The van der Waals surface area contributed by atoms with E-state index in [0.29, 0.717) is 12.5 Å². The second kappa shape index (κ2) is 5.27. The largest absolute Gasteiger partial charge is 0.367 e. The molecule has 0 bridgehead atoms. The zero-order chi connectivity index (χ0) is 11.2. The van der Waals surface area contributed by atoms with Crippen LogP contribution in [0.1, 0.15) is 6.42 Å². The first kappa shape index (κ1) is 10.6. The molecule has 0 unspecified atom stereocenters. The Bertz CT molecular complexity index is 406. The van der Waals surface area contributed by atoms with Crippen LogP contribution in [0, 0.1) is 0 Å². The second-order valence-corrected chi connectivity index (χ2v) is 3.46. The minimum absolute atomic E-state index is 0.646. The maximum absolute atomic E-state index is 5.40. The van der Waals surface area contributed by atoms with Gasteiger partial charge in [-0.05, 0) is 19.0 Å². The molecule has 0 aliphatic heterocycles. The Labute approximate surface area is 94.1 Å². The first-order valence-corrected chi connectivity index (χ1v) is 5.29. The molecule has 5 nitrogen and oxygen atoms in total. The van der Waals surface area contributed by atoms with Crippen LogP contribution < -0.4 is 11.1 Å². The summed E-state index contributed by atoms with van der Waals surface area (Å²) in [6.07, 6.45) is 8.33. The van der Waals surface area contributed by atoms with Crippen molar-refractivity contribution in [1.29, 1.82) is 0 Å². The zero-order valence-electron chi connectivity index (χ0n) is 8.98. The van der Waals surface area contributed by atoms with Gasteiger partial charge in [0.05, 0.1) is 0 Å². The fraction of sp³-hybridized carbons (Fsp3) is 0.273. The molecule has 0 fully saturated rings. The van der Waals surface area contributed by atoms with Crippen molar-refractivity contribution in [2.24, 2.45) is 5.73 Å². The van der Waals surface area contributed by atoms with Crippen molar-refractivity contribution < 1.29 is 0 Å². The molecule has 0 aromatic carbocycles. The van der Waals surface area contributed by atoms with Crippen molar-refractivity contribution in [3.05, 3.63) is 30.9 Å². The van der Waals surface area contributed by atoms with Crippen molar-refractivity contribution in [3.63, 3.8) is 0 Å². The lowest BCUT2D eigenvalue weighted by atomic mass is 10.2. The topological polar surface area (TPSA) is 79.6 Å². The fourth-order valence-electron chi connectivity index (χ4n) is 1.37. The standard InChI is InChI=1S/C11H15N5/c12-3-1-4-14-11-15-7-10(8-16-11)9-2-5-13-6-9/h2,5-8,13H,1,3-4,12H2,(H,14,15,16). The van der Waals surface area contributed by atoms with E-state index in [0.717, 1.165) is 24.1 Å². The van der Waals surface area contributed by atoms with Gasteiger partial charge in [0.1, 0.15) is 0 Å². The van der Waals surface area contributed by atoms with Crippen LogP contribution in [-0.2, 0) is 0 Å². The van der Waals surface area contributed by atoms with Gasteiger partial charge in [0.25, 0.3) is 0 Å². The third-order valence-corrected chi connectivity index (χ3v) is 2.25. The average Bonchev–Trinajstić information content (AvgIpc) is 2.84. The summed E-state index contributed by atoms with van der Waals surface area (Å²) in [6, 6.07) is 1.99. The number of hydrogen-bond acceptors (Lipinski definition) is 4. The van der Waals surface area contributed by atoms with Crippen LogP contribution in [-0.4, -0.2) is 28.0 Å². The molecule has 0 atom stereocenters. The number of rotatable bonds is 5. The van der Waals surface area contributed by atoms with Gasteiger partial charge >= 0.3 is 0 Å². The van der Waals surface area contributed by atoms with Gasteiger partial charge in [-0.15, -0.1) is 0 Å². The third kappa shape index (κ3) is 2.58. The highest BCUT2D eigenvalue weighted by atomic mass is 15.1. The molecular formula is C11H15N5. The Morgan fingerprint density at radius 2 is 2.06 bits per heavy atom. The molecular weight excluding hydrogens is 202 g/mol. The molecule has 0 saturated carbocycles. The van der Waals surface area contributed by atoms with E-state index >= 15 is 0 Å². The van der Waals surface area contributed by atoms with Gasteiger partial charge in [0.2, 0.25) is 5.95 Å². The van der Waals surface area contributed by atoms with Crippen molar-refractivity contribution in [2.75, 3.05) is 18.4 Å². The first-order valence-electron chi connectivity index (χ1n) is 5.29. The van der Waals surface area contributed by atoms with Crippen molar-refractivity contribution in [1.82, 2.24) is 15.0 Å². The van der Waals surface area contributed by atoms with Gasteiger partial charge in [0.15, 0.2) is 0 Å². The van der Waals surface area contributed by atoms with Gasteiger partial charge < -0.3 is 16.0 Å². The number of nitrogens with two attached hydrogens (primary N) is 1. The summed E-state index contributed by atoms with van der Waals surface area (Å²) in [7, 11) is 0. The molecule has 0 spiro atoms. The maximum Gasteiger partial charge on any atom is 0.222 e. The van der Waals surface area contributed by atoms with Crippen molar-refractivity contribution in [3.8, 4) is 11.1 Å². The second-order valence-electron chi connectivity index (χ2n) is 3.46. The molecule has 0 aliphatic rings. The lowest BCUT2D eigenvalue weighted by Crippen LogP contribution is -2.10. The minimum atomic E-state index is 0.646. The van der Waals surface area contributed by atoms with Crippen LogP contribution in [0.3, 0.4) is 0 Å². The molecule has 0 saturated heterocycles. The van der Waals surface area contributed by atoms with Crippen LogP contribution in [0.25, 0.3) is 11.1 Å². The summed E-state index contributed by atoms with van der Waals surface area (Å²) < 4.78 is 0. The van der Waals surface area contributed by atoms with Crippen molar-refractivity contribution >= 4 is 5.95 Å². The summed E-state index contributed by atoms with van der Waals surface area (Å²) in [4.78, 5) is 11.5. The highest BCUT2D eigenvalue weighted by Crippen LogP contribution is 2.16. The molecule has 2 heterocycles. The Morgan fingerprint density at radius 3 is 2.69 bits per heavy atom. The Kier molecular flexibility index (Phi) is 3.50. The molecule has 0 aliphatic carbocycles. The summed E-state index contributed by atoms with van der Waals surface area (Å²) in [5.41, 5.74) is 7.49. The Morgan fingerprint density at radius 1 is 1.25 bits per heavy atom. The summed E-state index contributed by atoms with van der Waals surface area (Å²) in [6.45, 7) is 1.48. The predicted molar refractivity (Wildman–Crippen MR) is 64.0 cm³/mol. The quantitative estimate of drug-likeness (QED) is 0.658. The molecule has 4 N–H and O–H groups in total. The summed E-state index contributed by atoms with van der Waals surface area (Å²) in [5, 5.41) is 3.11. The maximum atomic E-state index is 5.40. The van der Waals surface area contributed by atoms with E-state index in [2.05, 4.69) is 20.3 Å². The molecule has 2 rings (SSSR count). The van der Waals surface area contributed by atoms with E-state index in [-0.39, 0.29) is 0 Å². The number of aromatic amines is 1. The smallest absolute Gasteiger partial charge is 0.222 e. The van der Waals surface area contributed by atoms with Crippen molar-refractivity contribution in [2.45, 2.75) is 6.42 Å². The zero-order valence-corrected chi connectivity index (χ0v) is 8.98. The molecule has 0 amide bonds. The molecule has 16 heavy (non-hydrogen) atoms. The van der Waals surface area contributed by atoms with Gasteiger partial charge in [-0.1, -0.05) is 0 Å². The predicted octanol–water partition coefficient (Wildman–Crippen LogP) is 1.23. The normalized spacial score (nSPS) is 10.3. The monoisotopic (exact) mass is 217 g/mol. The van der Waals surface area contributed by atoms with E-state index in [1.165, 1.54) is 0 Å². The molecule has 2 aromatic rings. The van der Waals surface area contributed by atoms with E-state index in [1.54, 1.807) is 12.4 Å². The van der Waals surface area contributed by atoms with Gasteiger partial charge in [-0.25, -0.2) is 9.97 Å². The summed E-state index contributed by atoms with van der Waals surface area (Å²) in [5.74, 6) is 0.646. The van der Waals surface area contributed by atoms with Crippen LogP contribution in [0.4, 0.5) is 5.95 Å². The van der Waals surface area contributed by atoms with Crippen LogP contribution in [0.5, 0.6) is 0 Å². The molecule has 84 valence electrons. The lowest BCUT2D eigenvalue weighted by molar-refractivity contribution is 0.864. The fourth-order valence-corrected chi connectivity index (χ4v) is 1.37. The SMILES string of the molecule is NCCCNc1ncc(-c2cc[nH]c2)cn1. The summed E-state index contributed by atoms with van der Waals surface area (Å²) >= 11 is 0. The number of aromatic nitrogens is 3. The number of nitrogens with zero attached hydrogens (tertiary/aromatic N) is 2.